The first kappa shape index (κ1) is 23.0. The van der Waals surface area contributed by atoms with E-state index in [0.29, 0.717) is 17.1 Å². The highest BCUT2D eigenvalue weighted by molar-refractivity contribution is 5.85. The summed E-state index contributed by atoms with van der Waals surface area (Å²) in [4.78, 5) is 23.8. The Morgan fingerprint density at radius 2 is 1.76 bits per heavy atom. The zero-order valence-electron chi connectivity index (χ0n) is 14.7. The van der Waals surface area contributed by atoms with Gasteiger partial charge in [-0.25, -0.2) is 0 Å². The van der Waals surface area contributed by atoms with Gasteiger partial charge in [0.25, 0.3) is 0 Å². The molecular formula is C16H25ClN2O6. The van der Waals surface area contributed by atoms with Gasteiger partial charge in [0.1, 0.15) is 6.04 Å². The molecule has 0 aromatic heterocycles. The minimum Gasteiger partial charge on any atom is -0.493 e. The lowest BCUT2D eigenvalue weighted by Crippen LogP contribution is -2.45. The molecule has 0 aliphatic rings. The second-order valence-corrected chi connectivity index (χ2v) is 5.02. The fourth-order valence-corrected chi connectivity index (χ4v) is 2.11. The van der Waals surface area contributed by atoms with E-state index >= 15 is 0 Å². The summed E-state index contributed by atoms with van der Waals surface area (Å²) in [5, 5.41) is 2.73. The lowest BCUT2D eigenvalue weighted by molar-refractivity contribution is -0.141. The second-order valence-electron chi connectivity index (χ2n) is 5.02. The Morgan fingerprint density at radius 1 is 1.12 bits per heavy atom. The molecule has 0 radical (unpaired) electrons. The minimum absolute atomic E-state index is 0. The van der Waals surface area contributed by atoms with Crippen LogP contribution in [0.25, 0.3) is 0 Å². The van der Waals surface area contributed by atoms with E-state index in [4.69, 9.17) is 24.7 Å². The highest BCUT2D eigenvalue weighted by atomic mass is 35.5. The van der Waals surface area contributed by atoms with E-state index < -0.39 is 24.0 Å². The third kappa shape index (κ3) is 6.77. The topological polar surface area (TPSA) is 109 Å². The monoisotopic (exact) mass is 376 g/mol. The molecule has 2 unspecified atom stereocenters. The third-order valence-corrected chi connectivity index (χ3v) is 3.41. The van der Waals surface area contributed by atoms with Crippen molar-refractivity contribution in [3.63, 3.8) is 0 Å². The molecule has 9 heteroatoms. The SMILES string of the molecule is COCC(N)C(=O)NC(CC(=O)OC)c1ccc(OC)c(OC)c1.Cl. The van der Waals surface area contributed by atoms with E-state index in [0.717, 1.165) is 0 Å². The molecule has 0 heterocycles. The number of rotatable bonds is 9. The normalized spacial score (nSPS) is 12.4. The average molecular weight is 377 g/mol. The number of esters is 1. The number of methoxy groups -OCH3 is 4. The summed E-state index contributed by atoms with van der Waals surface area (Å²) in [6.07, 6.45) is -0.0442. The number of hydrogen-bond donors (Lipinski definition) is 2. The van der Waals surface area contributed by atoms with Crippen LogP contribution in [0.2, 0.25) is 0 Å². The summed E-state index contributed by atoms with van der Waals surface area (Å²) >= 11 is 0. The van der Waals surface area contributed by atoms with Gasteiger partial charge in [-0.1, -0.05) is 6.07 Å². The number of carbonyl (C=O) groups is 2. The summed E-state index contributed by atoms with van der Waals surface area (Å²) in [5.74, 6) is 0.136. The zero-order valence-corrected chi connectivity index (χ0v) is 15.6. The Morgan fingerprint density at radius 3 is 2.28 bits per heavy atom. The van der Waals surface area contributed by atoms with Crippen molar-refractivity contribution in [1.29, 1.82) is 0 Å². The van der Waals surface area contributed by atoms with Gasteiger partial charge in [0, 0.05) is 7.11 Å². The van der Waals surface area contributed by atoms with Gasteiger partial charge in [-0.2, -0.15) is 0 Å². The van der Waals surface area contributed by atoms with Crippen molar-refractivity contribution in [3.05, 3.63) is 23.8 Å². The maximum atomic E-state index is 12.1. The van der Waals surface area contributed by atoms with Gasteiger partial charge in [-0.05, 0) is 17.7 Å². The van der Waals surface area contributed by atoms with Crippen LogP contribution in [0.1, 0.15) is 18.0 Å². The molecule has 25 heavy (non-hydrogen) atoms. The number of amides is 1. The summed E-state index contributed by atoms with van der Waals surface area (Å²) in [6.45, 7) is 0.0721. The number of benzene rings is 1. The second kappa shape index (κ2) is 11.5. The molecule has 142 valence electrons. The van der Waals surface area contributed by atoms with Crippen molar-refractivity contribution in [2.45, 2.75) is 18.5 Å². The van der Waals surface area contributed by atoms with Crippen molar-refractivity contribution in [2.75, 3.05) is 35.0 Å². The van der Waals surface area contributed by atoms with Gasteiger partial charge in [0.15, 0.2) is 11.5 Å². The van der Waals surface area contributed by atoms with E-state index in [-0.39, 0.29) is 25.4 Å². The molecule has 0 aliphatic heterocycles. The average Bonchev–Trinajstić information content (AvgIpc) is 2.60. The molecule has 0 saturated heterocycles. The molecule has 8 nitrogen and oxygen atoms in total. The molecule has 0 saturated carbocycles. The summed E-state index contributed by atoms with van der Waals surface area (Å²) in [7, 11) is 5.76. The summed E-state index contributed by atoms with van der Waals surface area (Å²) in [6, 6.07) is 3.66. The van der Waals surface area contributed by atoms with Gasteiger partial charge in [0.05, 0.1) is 40.4 Å². The molecule has 0 aliphatic carbocycles. The molecule has 0 fully saturated rings. The molecule has 1 amide bonds. The molecule has 1 aromatic carbocycles. The van der Waals surface area contributed by atoms with Crippen LogP contribution in [0.3, 0.4) is 0 Å². The van der Waals surface area contributed by atoms with Crippen LogP contribution in [0.5, 0.6) is 11.5 Å². The Hall–Kier alpha value is -2.03. The van der Waals surface area contributed by atoms with Crippen LogP contribution in [0, 0.1) is 0 Å². The van der Waals surface area contributed by atoms with Gasteiger partial charge >= 0.3 is 5.97 Å². The molecule has 1 rings (SSSR count). The fourth-order valence-electron chi connectivity index (χ4n) is 2.11. The predicted molar refractivity (Wildman–Crippen MR) is 94.2 cm³/mol. The Kier molecular flexibility index (Phi) is 10.6. The van der Waals surface area contributed by atoms with Crippen LogP contribution in [-0.4, -0.2) is 53.0 Å². The van der Waals surface area contributed by atoms with E-state index in [1.54, 1.807) is 18.2 Å². The van der Waals surface area contributed by atoms with Gasteiger partial charge in [-0.3, -0.25) is 9.59 Å². The number of hydrogen-bond acceptors (Lipinski definition) is 7. The Labute approximate surface area is 153 Å². The Balaban J connectivity index is 0.00000576. The van der Waals surface area contributed by atoms with Gasteiger partial charge in [-0.15, -0.1) is 12.4 Å². The number of carbonyl (C=O) groups excluding carboxylic acids is 2. The molecule has 0 bridgehead atoms. The van der Waals surface area contributed by atoms with E-state index in [2.05, 4.69) is 5.32 Å². The molecule has 0 spiro atoms. The zero-order chi connectivity index (χ0) is 18.1. The van der Waals surface area contributed by atoms with Gasteiger partial charge in [0.2, 0.25) is 5.91 Å². The van der Waals surface area contributed by atoms with Crippen molar-refractivity contribution < 1.29 is 28.5 Å². The predicted octanol–water partition coefficient (Wildman–Crippen LogP) is 0.820. The summed E-state index contributed by atoms with van der Waals surface area (Å²) in [5.41, 5.74) is 6.38. The first-order valence-corrected chi connectivity index (χ1v) is 7.30. The molecule has 1 aromatic rings. The van der Waals surface area contributed by atoms with Crippen molar-refractivity contribution in [1.82, 2.24) is 5.32 Å². The van der Waals surface area contributed by atoms with Crippen molar-refractivity contribution >= 4 is 24.3 Å². The first-order chi connectivity index (χ1) is 11.5. The van der Waals surface area contributed by atoms with Crippen LogP contribution in [0.4, 0.5) is 0 Å². The largest absolute Gasteiger partial charge is 0.493 e. The smallest absolute Gasteiger partial charge is 0.307 e. The van der Waals surface area contributed by atoms with E-state index in [1.165, 1.54) is 28.4 Å². The maximum absolute atomic E-state index is 12.1. The highest BCUT2D eigenvalue weighted by Gasteiger charge is 2.23. The fraction of sp³-hybridized carbons (Fsp3) is 0.500. The van der Waals surface area contributed by atoms with Crippen LogP contribution in [0.15, 0.2) is 18.2 Å². The first-order valence-electron chi connectivity index (χ1n) is 7.30. The molecule has 3 N–H and O–H groups in total. The number of halogens is 1. The quantitative estimate of drug-likeness (QED) is 0.614. The van der Waals surface area contributed by atoms with E-state index in [1.807, 2.05) is 0 Å². The minimum atomic E-state index is -0.838. The van der Waals surface area contributed by atoms with Crippen molar-refractivity contribution in [2.24, 2.45) is 5.73 Å². The van der Waals surface area contributed by atoms with Crippen LogP contribution >= 0.6 is 12.4 Å². The third-order valence-electron chi connectivity index (χ3n) is 3.41. The Bertz CT molecular complexity index is 570. The maximum Gasteiger partial charge on any atom is 0.307 e. The lowest BCUT2D eigenvalue weighted by atomic mass is 10.0. The van der Waals surface area contributed by atoms with Crippen LogP contribution in [-0.2, 0) is 19.1 Å². The standard InChI is InChI=1S/C16H24N2O6.ClH/c1-21-9-11(17)16(20)18-12(8-15(19)24-4)10-5-6-13(22-2)14(7-10)23-3;/h5-7,11-12H,8-9,17H2,1-4H3,(H,18,20);1H. The summed E-state index contributed by atoms with van der Waals surface area (Å²) < 4.78 is 20.0. The van der Waals surface area contributed by atoms with Crippen molar-refractivity contribution in [3.8, 4) is 11.5 Å². The molecule has 2 atom stereocenters. The number of nitrogens with one attached hydrogen (secondary N) is 1. The lowest BCUT2D eigenvalue weighted by Gasteiger charge is -2.21. The van der Waals surface area contributed by atoms with E-state index in [9.17, 15) is 9.59 Å². The highest BCUT2D eigenvalue weighted by Crippen LogP contribution is 2.31. The number of nitrogens with two attached hydrogens (primary N) is 1. The van der Waals surface area contributed by atoms with Gasteiger partial charge < -0.3 is 30.0 Å². The molecular weight excluding hydrogens is 352 g/mol. The van der Waals surface area contributed by atoms with Crippen LogP contribution < -0.4 is 20.5 Å². The number of ether oxygens (including phenoxy) is 4.